The van der Waals surface area contributed by atoms with E-state index in [1.54, 1.807) is 4.90 Å². The van der Waals surface area contributed by atoms with Crippen LogP contribution in [0, 0.1) is 0 Å². The van der Waals surface area contributed by atoms with Crippen LogP contribution in [0.4, 0.5) is 10.5 Å². The van der Waals surface area contributed by atoms with Crippen LogP contribution in [0.25, 0.3) is 5.57 Å². The normalized spacial score (nSPS) is 17.9. The quantitative estimate of drug-likeness (QED) is 0.846. The number of amides is 1. The predicted molar refractivity (Wildman–Crippen MR) is 79.5 cm³/mol. The fourth-order valence-corrected chi connectivity index (χ4v) is 2.30. The van der Waals surface area contributed by atoms with E-state index in [-0.39, 0.29) is 12.2 Å². The number of hydrogen-bond acceptors (Lipinski definition) is 2. The molecule has 0 radical (unpaired) electrons. The van der Waals surface area contributed by atoms with Crippen molar-refractivity contribution in [2.45, 2.75) is 6.10 Å². The Kier molecular flexibility index (Phi) is 3.25. The largest absolute Gasteiger partial charge is 0.439 e. The van der Waals surface area contributed by atoms with Crippen LogP contribution < -0.4 is 4.90 Å². The first-order chi connectivity index (χ1) is 9.75. The third-order valence-corrected chi connectivity index (χ3v) is 3.41. The fourth-order valence-electron chi connectivity index (χ4n) is 2.30. The zero-order valence-corrected chi connectivity index (χ0v) is 11.0. The van der Waals surface area contributed by atoms with E-state index in [9.17, 15) is 4.79 Å². The zero-order chi connectivity index (χ0) is 13.9. The molecular formula is C17H15NO2. The van der Waals surface area contributed by atoms with Gasteiger partial charge in [-0.25, -0.2) is 4.79 Å². The summed E-state index contributed by atoms with van der Waals surface area (Å²) in [5.41, 5.74) is 2.68. The van der Waals surface area contributed by atoms with Gasteiger partial charge >= 0.3 is 6.09 Å². The van der Waals surface area contributed by atoms with Crippen molar-refractivity contribution in [3.8, 4) is 0 Å². The van der Waals surface area contributed by atoms with Gasteiger partial charge in [0.1, 0.15) is 6.10 Å². The van der Waals surface area contributed by atoms with Crippen molar-refractivity contribution in [2.75, 3.05) is 11.4 Å². The number of nitrogens with zero attached hydrogens (tertiary/aromatic N) is 1. The smallest absolute Gasteiger partial charge is 0.415 e. The van der Waals surface area contributed by atoms with Crippen molar-refractivity contribution in [1.82, 2.24) is 0 Å². The van der Waals surface area contributed by atoms with E-state index in [1.165, 1.54) is 0 Å². The van der Waals surface area contributed by atoms with Gasteiger partial charge in [-0.05, 0) is 23.3 Å². The minimum absolute atomic E-state index is 0.301. The van der Waals surface area contributed by atoms with E-state index in [4.69, 9.17) is 4.74 Å². The highest BCUT2D eigenvalue weighted by molar-refractivity contribution is 5.91. The zero-order valence-electron chi connectivity index (χ0n) is 11.0. The molecule has 0 saturated carbocycles. The molecule has 1 heterocycles. The Balaban J connectivity index is 1.79. The second kappa shape index (κ2) is 5.21. The third-order valence-electron chi connectivity index (χ3n) is 3.41. The lowest BCUT2D eigenvalue weighted by Gasteiger charge is -2.13. The maximum absolute atomic E-state index is 12.0. The van der Waals surface area contributed by atoms with Crippen LogP contribution in [0.5, 0.6) is 0 Å². The molecule has 1 unspecified atom stereocenters. The number of anilines is 1. The molecule has 0 bridgehead atoms. The summed E-state index contributed by atoms with van der Waals surface area (Å²) in [5, 5.41) is 0. The van der Waals surface area contributed by atoms with E-state index in [0.717, 1.165) is 16.8 Å². The highest BCUT2D eigenvalue weighted by atomic mass is 16.6. The number of carbonyl (C=O) groups is 1. The summed E-state index contributed by atoms with van der Waals surface area (Å²) in [4.78, 5) is 13.6. The van der Waals surface area contributed by atoms with Crippen LogP contribution >= 0.6 is 0 Å². The van der Waals surface area contributed by atoms with Crippen molar-refractivity contribution < 1.29 is 9.53 Å². The van der Waals surface area contributed by atoms with E-state index in [1.807, 2.05) is 60.7 Å². The molecule has 1 atom stereocenters. The maximum Gasteiger partial charge on any atom is 0.415 e. The van der Waals surface area contributed by atoms with Crippen LogP contribution in [0.3, 0.4) is 0 Å². The Morgan fingerprint density at radius 3 is 2.30 bits per heavy atom. The summed E-state index contributed by atoms with van der Waals surface area (Å²) in [5.74, 6) is 0. The molecule has 2 aromatic carbocycles. The molecule has 0 aliphatic carbocycles. The predicted octanol–water partition coefficient (Wildman–Crippen LogP) is 3.73. The molecule has 3 nitrogen and oxygen atoms in total. The minimum Gasteiger partial charge on any atom is -0.439 e. The van der Waals surface area contributed by atoms with Crippen LogP contribution in [-0.4, -0.2) is 18.7 Å². The van der Waals surface area contributed by atoms with Crippen LogP contribution in [-0.2, 0) is 4.74 Å². The molecule has 1 saturated heterocycles. The first-order valence-electron chi connectivity index (χ1n) is 6.53. The summed E-state index contributed by atoms with van der Waals surface area (Å²) in [6, 6.07) is 19.3. The Morgan fingerprint density at radius 1 is 1.05 bits per heavy atom. The molecule has 1 fully saturated rings. The number of benzene rings is 2. The van der Waals surface area contributed by atoms with Gasteiger partial charge in [0.2, 0.25) is 0 Å². The second-order valence-electron chi connectivity index (χ2n) is 4.71. The van der Waals surface area contributed by atoms with Crippen LogP contribution in [0.1, 0.15) is 5.56 Å². The van der Waals surface area contributed by atoms with Gasteiger partial charge in [0.15, 0.2) is 0 Å². The molecule has 3 heteroatoms. The average Bonchev–Trinajstić information content (AvgIpc) is 2.90. The molecule has 20 heavy (non-hydrogen) atoms. The average molecular weight is 265 g/mol. The Bertz CT molecular complexity index is 622. The second-order valence-corrected chi connectivity index (χ2v) is 4.71. The van der Waals surface area contributed by atoms with Crippen molar-refractivity contribution in [2.24, 2.45) is 0 Å². The molecular weight excluding hydrogens is 250 g/mol. The SMILES string of the molecule is C=C(c1ccccc1)C1CN(c2ccccc2)C(=O)O1. The summed E-state index contributed by atoms with van der Waals surface area (Å²) >= 11 is 0. The van der Waals surface area contributed by atoms with Crippen molar-refractivity contribution >= 4 is 17.4 Å². The molecule has 0 spiro atoms. The van der Waals surface area contributed by atoms with Gasteiger partial charge in [-0.3, -0.25) is 4.90 Å². The summed E-state index contributed by atoms with van der Waals surface area (Å²) in [6.45, 7) is 4.56. The Hall–Kier alpha value is -2.55. The first-order valence-corrected chi connectivity index (χ1v) is 6.53. The van der Waals surface area contributed by atoms with Gasteiger partial charge in [-0.2, -0.15) is 0 Å². The Labute approximate surface area is 118 Å². The van der Waals surface area contributed by atoms with Gasteiger partial charge in [0, 0.05) is 5.69 Å². The number of carbonyl (C=O) groups excluding carboxylic acids is 1. The van der Waals surface area contributed by atoms with Gasteiger partial charge in [-0.15, -0.1) is 0 Å². The van der Waals surface area contributed by atoms with E-state index in [0.29, 0.717) is 6.54 Å². The lowest BCUT2D eigenvalue weighted by atomic mass is 10.0. The topological polar surface area (TPSA) is 29.5 Å². The number of cyclic esters (lactones) is 1. The van der Waals surface area contributed by atoms with Crippen molar-refractivity contribution in [3.05, 3.63) is 72.8 Å². The van der Waals surface area contributed by atoms with Crippen molar-refractivity contribution in [3.63, 3.8) is 0 Å². The lowest BCUT2D eigenvalue weighted by Crippen LogP contribution is -2.24. The molecule has 0 aromatic heterocycles. The van der Waals surface area contributed by atoms with Crippen LogP contribution in [0.15, 0.2) is 67.2 Å². The van der Waals surface area contributed by atoms with Crippen molar-refractivity contribution in [1.29, 1.82) is 0 Å². The summed E-state index contributed by atoms with van der Waals surface area (Å²) in [7, 11) is 0. The van der Waals surface area contributed by atoms with E-state index < -0.39 is 0 Å². The molecule has 0 N–H and O–H groups in total. The molecule has 1 aliphatic heterocycles. The van der Waals surface area contributed by atoms with Gasteiger partial charge in [-0.1, -0.05) is 55.1 Å². The summed E-state index contributed by atoms with van der Waals surface area (Å²) in [6.07, 6.45) is -0.622. The maximum atomic E-state index is 12.0. The highest BCUT2D eigenvalue weighted by Gasteiger charge is 2.34. The van der Waals surface area contributed by atoms with E-state index in [2.05, 4.69) is 6.58 Å². The Morgan fingerprint density at radius 2 is 1.65 bits per heavy atom. The van der Waals surface area contributed by atoms with Gasteiger partial charge < -0.3 is 4.74 Å². The molecule has 2 aromatic rings. The van der Waals surface area contributed by atoms with Gasteiger partial charge in [0.25, 0.3) is 0 Å². The number of rotatable bonds is 3. The standard InChI is InChI=1S/C17H15NO2/c1-13(14-8-4-2-5-9-14)16-12-18(17(19)20-16)15-10-6-3-7-11-15/h2-11,16H,1,12H2. The fraction of sp³-hybridized carbons (Fsp3) is 0.118. The monoisotopic (exact) mass is 265 g/mol. The number of para-hydroxylation sites is 1. The molecule has 1 aliphatic rings. The lowest BCUT2D eigenvalue weighted by molar-refractivity contribution is 0.163. The highest BCUT2D eigenvalue weighted by Crippen LogP contribution is 2.28. The third kappa shape index (κ3) is 2.30. The van der Waals surface area contributed by atoms with E-state index >= 15 is 0 Å². The molecule has 1 amide bonds. The van der Waals surface area contributed by atoms with Crippen LogP contribution in [0.2, 0.25) is 0 Å². The molecule has 100 valence electrons. The number of ether oxygens (including phenoxy) is 1. The van der Waals surface area contributed by atoms with Gasteiger partial charge in [0.05, 0.1) is 6.54 Å². The first kappa shape index (κ1) is 12.5. The minimum atomic E-state index is -0.321. The number of hydrogen-bond donors (Lipinski definition) is 0. The molecule has 3 rings (SSSR count). The summed E-state index contributed by atoms with van der Waals surface area (Å²) < 4.78 is 5.43.